The van der Waals surface area contributed by atoms with Crippen LogP contribution >= 0.6 is 0 Å². The average molecular weight is 224 g/mol. The minimum atomic E-state index is 0.130. The van der Waals surface area contributed by atoms with E-state index in [0.717, 1.165) is 25.1 Å². The van der Waals surface area contributed by atoms with Gasteiger partial charge in [0, 0.05) is 19.9 Å². The summed E-state index contributed by atoms with van der Waals surface area (Å²) in [5, 5.41) is 4.36. The van der Waals surface area contributed by atoms with Crippen LogP contribution in [0, 0.1) is 0 Å². The van der Waals surface area contributed by atoms with Gasteiger partial charge in [-0.1, -0.05) is 0 Å². The summed E-state index contributed by atoms with van der Waals surface area (Å²) in [5.74, 6) is 5.56. The average Bonchev–Trinajstić information content (AvgIpc) is 2.91. The highest BCUT2D eigenvalue weighted by molar-refractivity contribution is 5.04. The summed E-state index contributed by atoms with van der Waals surface area (Å²) in [6, 6.07) is 2.13. The van der Waals surface area contributed by atoms with Crippen LogP contribution in [-0.4, -0.2) is 22.5 Å². The molecule has 2 unspecified atom stereocenters. The third kappa shape index (κ3) is 2.81. The Hall–Kier alpha value is -0.910. The van der Waals surface area contributed by atoms with Crippen LogP contribution in [0.4, 0.5) is 0 Å². The van der Waals surface area contributed by atoms with Crippen LogP contribution < -0.4 is 11.3 Å². The molecule has 16 heavy (non-hydrogen) atoms. The Morgan fingerprint density at radius 2 is 2.62 bits per heavy atom. The van der Waals surface area contributed by atoms with Crippen LogP contribution in [0.2, 0.25) is 0 Å². The third-order valence-electron chi connectivity index (χ3n) is 3.09. The molecule has 1 aliphatic rings. The summed E-state index contributed by atoms with van der Waals surface area (Å²) >= 11 is 0. The predicted molar refractivity (Wildman–Crippen MR) is 61.5 cm³/mol. The van der Waals surface area contributed by atoms with Gasteiger partial charge in [-0.05, 0) is 31.7 Å². The number of ether oxygens (including phenoxy) is 1. The van der Waals surface area contributed by atoms with Crippen molar-refractivity contribution >= 4 is 0 Å². The summed E-state index contributed by atoms with van der Waals surface area (Å²) in [6.45, 7) is 0.912. The molecule has 0 aromatic carbocycles. The van der Waals surface area contributed by atoms with Gasteiger partial charge >= 0.3 is 0 Å². The number of nitrogens with one attached hydrogen (secondary N) is 1. The van der Waals surface area contributed by atoms with Gasteiger partial charge in [-0.25, -0.2) is 0 Å². The largest absolute Gasteiger partial charge is 0.378 e. The van der Waals surface area contributed by atoms with Crippen LogP contribution in [0.3, 0.4) is 0 Å². The van der Waals surface area contributed by atoms with Crippen molar-refractivity contribution in [1.82, 2.24) is 15.2 Å². The second-order valence-electron chi connectivity index (χ2n) is 4.35. The normalized spacial score (nSPS) is 22.5. The van der Waals surface area contributed by atoms with Gasteiger partial charge in [0.2, 0.25) is 0 Å². The zero-order chi connectivity index (χ0) is 11.4. The quantitative estimate of drug-likeness (QED) is 0.575. The summed E-state index contributed by atoms with van der Waals surface area (Å²) in [5.41, 5.74) is 3.83. The first-order chi connectivity index (χ1) is 7.79. The SMILES string of the molecule is Cn1ccc(C(CCC2CCCO2)NN)n1. The first-order valence-corrected chi connectivity index (χ1v) is 5.87. The number of hydrazine groups is 1. The summed E-state index contributed by atoms with van der Waals surface area (Å²) in [7, 11) is 1.91. The molecule has 1 aromatic heterocycles. The van der Waals surface area contributed by atoms with Crippen molar-refractivity contribution in [3.63, 3.8) is 0 Å². The molecule has 3 N–H and O–H groups in total. The fourth-order valence-electron chi connectivity index (χ4n) is 2.16. The molecule has 5 nitrogen and oxygen atoms in total. The lowest BCUT2D eigenvalue weighted by Gasteiger charge is -2.15. The van der Waals surface area contributed by atoms with Crippen molar-refractivity contribution in [3.8, 4) is 0 Å². The molecule has 90 valence electrons. The lowest BCUT2D eigenvalue weighted by atomic mass is 10.0. The van der Waals surface area contributed by atoms with Crippen LogP contribution in [0.5, 0.6) is 0 Å². The molecule has 0 spiro atoms. The molecule has 0 aliphatic carbocycles. The molecule has 1 saturated heterocycles. The second-order valence-corrected chi connectivity index (χ2v) is 4.35. The first kappa shape index (κ1) is 11.6. The number of aryl methyl sites for hydroxylation is 1. The molecule has 0 amide bonds. The summed E-state index contributed by atoms with van der Waals surface area (Å²) < 4.78 is 7.39. The zero-order valence-electron chi connectivity index (χ0n) is 9.72. The van der Waals surface area contributed by atoms with E-state index in [1.165, 1.54) is 12.8 Å². The van der Waals surface area contributed by atoms with Gasteiger partial charge < -0.3 is 4.74 Å². The fraction of sp³-hybridized carbons (Fsp3) is 0.727. The summed E-state index contributed by atoms with van der Waals surface area (Å²) in [4.78, 5) is 0. The highest BCUT2D eigenvalue weighted by Crippen LogP contribution is 2.22. The predicted octanol–water partition coefficient (Wildman–Crippen LogP) is 0.884. The van der Waals surface area contributed by atoms with Crippen LogP contribution in [0.25, 0.3) is 0 Å². The third-order valence-corrected chi connectivity index (χ3v) is 3.09. The van der Waals surface area contributed by atoms with Crippen molar-refractivity contribution in [2.24, 2.45) is 12.9 Å². The molecule has 0 bridgehead atoms. The van der Waals surface area contributed by atoms with Gasteiger partial charge in [-0.15, -0.1) is 0 Å². The van der Waals surface area contributed by atoms with Gasteiger partial charge in [0.25, 0.3) is 0 Å². The lowest BCUT2D eigenvalue weighted by Crippen LogP contribution is -2.29. The molecule has 2 heterocycles. The standard InChI is InChI=1S/C11H20N4O/c1-15-7-6-11(14-15)10(13-12)5-4-9-3-2-8-16-9/h6-7,9-10,13H,2-5,8,12H2,1H3. The van der Waals surface area contributed by atoms with E-state index in [1.54, 1.807) is 4.68 Å². The molecular weight excluding hydrogens is 204 g/mol. The smallest absolute Gasteiger partial charge is 0.0807 e. The van der Waals surface area contributed by atoms with Crippen molar-refractivity contribution < 1.29 is 4.74 Å². The van der Waals surface area contributed by atoms with Gasteiger partial charge in [0.05, 0.1) is 17.8 Å². The molecule has 2 atom stereocenters. The maximum Gasteiger partial charge on any atom is 0.0807 e. The topological polar surface area (TPSA) is 65.1 Å². The van der Waals surface area contributed by atoms with Gasteiger partial charge in [0.1, 0.15) is 0 Å². The molecule has 0 saturated carbocycles. The van der Waals surface area contributed by atoms with Gasteiger partial charge in [-0.3, -0.25) is 16.0 Å². The molecule has 1 fully saturated rings. The van der Waals surface area contributed by atoms with Crippen molar-refractivity contribution in [1.29, 1.82) is 0 Å². The van der Waals surface area contributed by atoms with E-state index < -0.39 is 0 Å². The Balaban J connectivity index is 1.85. The van der Waals surface area contributed by atoms with Crippen molar-refractivity contribution in [2.75, 3.05) is 6.61 Å². The van der Waals surface area contributed by atoms with Crippen LogP contribution in [0.15, 0.2) is 12.3 Å². The Morgan fingerprint density at radius 1 is 1.75 bits per heavy atom. The van der Waals surface area contributed by atoms with E-state index in [0.29, 0.717) is 6.10 Å². The molecule has 2 rings (SSSR count). The van der Waals surface area contributed by atoms with E-state index in [-0.39, 0.29) is 6.04 Å². The highest BCUT2D eigenvalue weighted by Gasteiger charge is 2.19. The maximum absolute atomic E-state index is 5.59. The summed E-state index contributed by atoms with van der Waals surface area (Å²) in [6.07, 6.45) is 6.74. The number of hydrogen-bond donors (Lipinski definition) is 2. The number of nitrogens with two attached hydrogens (primary N) is 1. The Kier molecular flexibility index (Phi) is 3.93. The second kappa shape index (κ2) is 5.43. The Bertz CT molecular complexity index is 320. The number of aromatic nitrogens is 2. The van der Waals surface area contributed by atoms with E-state index in [2.05, 4.69) is 10.5 Å². The van der Waals surface area contributed by atoms with E-state index in [1.807, 2.05) is 19.3 Å². The minimum Gasteiger partial charge on any atom is -0.378 e. The van der Waals surface area contributed by atoms with Gasteiger partial charge in [-0.2, -0.15) is 5.10 Å². The van der Waals surface area contributed by atoms with Crippen molar-refractivity contribution in [3.05, 3.63) is 18.0 Å². The Labute approximate surface area is 95.9 Å². The van der Waals surface area contributed by atoms with Crippen LogP contribution in [-0.2, 0) is 11.8 Å². The minimum absolute atomic E-state index is 0.130. The zero-order valence-corrected chi connectivity index (χ0v) is 9.72. The van der Waals surface area contributed by atoms with E-state index in [9.17, 15) is 0 Å². The monoisotopic (exact) mass is 224 g/mol. The number of rotatable bonds is 5. The van der Waals surface area contributed by atoms with Crippen LogP contribution in [0.1, 0.15) is 37.4 Å². The van der Waals surface area contributed by atoms with Crippen molar-refractivity contribution in [2.45, 2.75) is 37.8 Å². The maximum atomic E-state index is 5.59. The van der Waals surface area contributed by atoms with Gasteiger partial charge in [0.15, 0.2) is 0 Å². The molecule has 5 heteroatoms. The number of hydrogen-bond acceptors (Lipinski definition) is 4. The lowest BCUT2D eigenvalue weighted by molar-refractivity contribution is 0.0994. The fourth-order valence-corrected chi connectivity index (χ4v) is 2.16. The molecule has 0 radical (unpaired) electrons. The Morgan fingerprint density at radius 3 is 3.19 bits per heavy atom. The van der Waals surface area contributed by atoms with E-state index in [4.69, 9.17) is 10.6 Å². The molecular formula is C11H20N4O. The number of nitrogens with zero attached hydrogens (tertiary/aromatic N) is 2. The highest BCUT2D eigenvalue weighted by atomic mass is 16.5. The first-order valence-electron chi connectivity index (χ1n) is 5.87. The van der Waals surface area contributed by atoms with E-state index >= 15 is 0 Å². The molecule has 1 aliphatic heterocycles. The molecule has 1 aromatic rings.